The summed E-state index contributed by atoms with van der Waals surface area (Å²) in [6.07, 6.45) is 3.40. The molecule has 1 aromatic carbocycles. The third-order valence-electron chi connectivity index (χ3n) is 5.16. The third kappa shape index (κ3) is 4.84. The molecule has 1 saturated heterocycles. The van der Waals surface area contributed by atoms with Gasteiger partial charge in [-0.25, -0.2) is 8.42 Å². The Morgan fingerprint density at radius 2 is 1.88 bits per heavy atom. The van der Waals surface area contributed by atoms with Gasteiger partial charge in [0.15, 0.2) is 0 Å². The number of benzene rings is 1. The van der Waals surface area contributed by atoms with Gasteiger partial charge in [-0.1, -0.05) is 6.92 Å². The summed E-state index contributed by atoms with van der Waals surface area (Å²) in [5, 5.41) is 2.84. The molecule has 3 N–H and O–H groups in total. The average Bonchev–Trinajstić information content (AvgIpc) is 2.61. The summed E-state index contributed by atoms with van der Waals surface area (Å²) in [5.41, 5.74) is 7.37. The van der Waals surface area contributed by atoms with Gasteiger partial charge in [-0.05, 0) is 75.3 Å². The number of nitrogens with zero attached hydrogens (tertiary/aromatic N) is 1. The third-order valence-corrected chi connectivity index (χ3v) is 7.18. The molecule has 2 rings (SSSR count). The first-order chi connectivity index (χ1) is 12.3. The molecule has 0 radical (unpaired) electrons. The van der Waals surface area contributed by atoms with Gasteiger partial charge in [0.25, 0.3) is 5.91 Å². The summed E-state index contributed by atoms with van der Waals surface area (Å²) in [5.74, 6) is 0.309. The van der Waals surface area contributed by atoms with Gasteiger partial charge in [0.1, 0.15) is 0 Å². The van der Waals surface area contributed by atoms with Crippen LogP contribution in [0.15, 0.2) is 17.0 Å². The molecule has 6 nitrogen and oxygen atoms in total. The standard InChI is InChI=1S/C19H31N3O3S/c1-14-6-10-22(11-7-14)26(24,25)18-13-17(12-15(2)16(18)3)19(23)21-9-5-4-8-20/h12-14H,4-11,20H2,1-3H3,(H,21,23). The maximum atomic E-state index is 13.1. The Bertz CT molecular complexity index is 739. The molecule has 0 atom stereocenters. The number of carbonyl (C=O) groups excluding carboxylic acids is 1. The van der Waals surface area contributed by atoms with Gasteiger partial charge in [-0.3, -0.25) is 4.79 Å². The van der Waals surface area contributed by atoms with Gasteiger partial charge in [0.05, 0.1) is 4.90 Å². The lowest BCUT2D eigenvalue weighted by atomic mass is 10.0. The summed E-state index contributed by atoms with van der Waals surface area (Å²) in [6.45, 7) is 8.00. The Morgan fingerprint density at radius 3 is 2.50 bits per heavy atom. The van der Waals surface area contributed by atoms with Crippen LogP contribution in [-0.2, 0) is 10.0 Å². The van der Waals surface area contributed by atoms with E-state index in [2.05, 4.69) is 12.2 Å². The fourth-order valence-electron chi connectivity index (χ4n) is 3.16. The minimum absolute atomic E-state index is 0.242. The van der Waals surface area contributed by atoms with Gasteiger partial charge in [-0.15, -0.1) is 0 Å². The maximum absolute atomic E-state index is 13.1. The summed E-state index contributed by atoms with van der Waals surface area (Å²) in [6, 6.07) is 3.28. The Balaban J connectivity index is 2.25. The van der Waals surface area contributed by atoms with Crippen LogP contribution in [0.2, 0.25) is 0 Å². The van der Waals surface area contributed by atoms with E-state index in [1.807, 2.05) is 6.92 Å². The molecular weight excluding hydrogens is 350 g/mol. The van der Waals surface area contributed by atoms with Crippen molar-refractivity contribution in [2.45, 2.75) is 51.3 Å². The largest absolute Gasteiger partial charge is 0.352 e. The molecule has 1 fully saturated rings. The van der Waals surface area contributed by atoms with Crippen molar-refractivity contribution in [1.29, 1.82) is 0 Å². The fourth-order valence-corrected chi connectivity index (χ4v) is 4.96. The molecule has 0 saturated carbocycles. The molecule has 0 bridgehead atoms. The molecule has 0 unspecified atom stereocenters. The molecule has 146 valence electrons. The molecule has 1 aliphatic rings. The van der Waals surface area contributed by atoms with E-state index in [-0.39, 0.29) is 10.8 Å². The van der Waals surface area contributed by atoms with E-state index in [9.17, 15) is 13.2 Å². The maximum Gasteiger partial charge on any atom is 0.251 e. The Morgan fingerprint density at radius 1 is 1.23 bits per heavy atom. The molecule has 1 heterocycles. The smallest absolute Gasteiger partial charge is 0.251 e. The lowest BCUT2D eigenvalue weighted by molar-refractivity contribution is 0.0952. The zero-order valence-corrected chi connectivity index (χ0v) is 16.9. The summed E-state index contributed by atoms with van der Waals surface area (Å²) >= 11 is 0. The molecule has 0 aromatic heterocycles. The number of hydrogen-bond acceptors (Lipinski definition) is 4. The lowest BCUT2D eigenvalue weighted by Gasteiger charge is -2.30. The van der Waals surface area contributed by atoms with Crippen molar-refractivity contribution < 1.29 is 13.2 Å². The monoisotopic (exact) mass is 381 g/mol. The lowest BCUT2D eigenvalue weighted by Crippen LogP contribution is -2.38. The number of piperidine rings is 1. The van der Waals surface area contributed by atoms with Crippen molar-refractivity contribution in [3.63, 3.8) is 0 Å². The van der Waals surface area contributed by atoms with Crippen molar-refractivity contribution >= 4 is 15.9 Å². The van der Waals surface area contributed by atoms with Crippen LogP contribution in [0.25, 0.3) is 0 Å². The van der Waals surface area contributed by atoms with Crippen molar-refractivity contribution in [2.24, 2.45) is 11.7 Å². The molecule has 0 spiro atoms. The number of unbranched alkanes of at least 4 members (excludes halogenated alkanes) is 1. The van der Waals surface area contributed by atoms with Gasteiger partial charge in [0, 0.05) is 25.2 Å². The topological polar surface area (TPSA) is 92.5 Å². The predicted molar refractivity (Wildman–Crippen MR) is 104 cm³/mol. The molecule has 26 heavy (non-hydrogen) atoms. The second-order valence-electron chi connectivity index (χ2n) is 7.25. The Kier molecular flexibility index (Phi) is 7.20. The van der Waals surface area contributed by atoms with Crippen LogP contribution in [0.4, 0.5) is 0 Å². The van der Waals surface area contributed by atoms with Crippen LogP contribution in [0.3, 0.4) is 0 Å². The van der Waals surface area contributed by atoms with E-state index in [1.165, 1.54) is 6.07 Å². The van der Waals surface area contributed by atoms with Gasteiger partial charge in [0.2, 0.25) is 10.0 Å². The first kappa shape index (κ1) is 20.9. The minimum Gasteiger partial charge on any atom is -0.352 e. The highest BCUT2D eigenvalue weighted by Gasteiger charge is 2.30. The van der Waals surface area contributed by atoms with Crippen LogP contribution < -0.4 is 11.1 Å². The van der Waals surface area contributed by atoms with Crippen LogP contribution in [0, 0.1) is 19.8 Å². The molecular formula is C19H31N3O3S. The second kappa shape index (κ2) is 8.97. The predicted octanol–water partition coefficient (Wildman–Crippen LogP) is 2.19. The summed E-state index contributed by atoms with van der Waals surface area (Å²) in [4.78, 5) is 12.7. The van der Waals surface area contributed by atoms with Gasteiger partial charge in [-0.2, -0.15) is 4.31 Å². The SMILES string of the molecule is Cc1cc(C(=O)NCCCCN)cc(S(=O)(=O)N2CCC(C)CC2)c1C. The number of amides is 1. The van der Waals surface area contributed by atoms with E-state index >= 15 is 0 Å². The highest BCUT2D eigenvalue weighted by Crippen LogP contribution is 2.28. The quantitative estimate of drug-likeness (QED) is 0.708. The number of sulfonamides is 1. The Labute approximate surface area is 157 Å². The molecule has 1 amide bonds. The van der Waals surface area contributed by atoms with E-state index in [4.69, 9.17) is 5.73 Å². The fraction of sp³-hybridized carbons (Fsp3) is 0.632. The normalized spacial score (nSPS) is 16.6. The van der Waals surface area contributed by atoms with E-state index < -0.39 is 10.0 Å². The number of hydrogen-bond donors (Lipinski definition) is 2. The summed E-state index contributed by atoms with van der Waals surface area (Å²) < 4.78 is 27.8. The number of aryl methyl sites for hydroxylation is 1. The van der Waals surface area contributed by atoms with Crippen molar-refractivity contribution in [3.8, 4) is 0 Å². The van der Waals surface area contributed by atoms with E-state index in [0.29, 0.717) is 43.2 Å². The van der Waals surface area contributed by atoms with E-state index in [1.54, 1.807) is 17.3 Å². The van der Waals surface area contributed by atoms with Crippen molar-refractivity contribution in [1.82, 2.24) is 9.62 Å². The van der Waals surface area contributed by atoms with Gasteiger partial charge >= 0.3 is 0 Å². The first-order valence-electron chi connectivity index (χ1n) is 9.37. The van der Waals surface area contributed by atoms with Crippen LogP contribution in [0.5, 0.6) is 0 Å². The number of nitrogens with one attached hydrogen (secondary N) is 1. The Hall–Kier alpha value is -1.44. The van der Waals surface area contributed by atoms with E-state index in [0.717, 1.165) is 31.2 Å². The molecule has 0 aliphatic carbocycles. The van der Waals surface area contributed by atoms with Crippen LogP contribution in [-0.4, -0.2) is 44.8 Å². The number of rotatable bonds is 7. The molecule has 1 aliphatic heterocycles. The van der Waals surface area contributed by atoms with Crippen molar-refractivity contribution in [2.75, 3.05) is 26.2 Å². The second-order valence-corrected chi connectivity index (χ2v) is 9.16. The number of carbonyl (C=O) groups is 1. The zero-order chi connectivity index (χ0) is 19.3. The highest BCUT2D eigenvalue weighted by molar-refractivity contribution is 7.89. The van der Waals surface area contributed by atoms with Gasteiger partial charge < -0.3 is 11.1 Å². The molecule has 7 heteroatoms. The van der Waals surface area contributed by atoms with Crippen LogP contribution in [0.1, 0.15) is 54.1 Å². The highest BCUT2D eigenvalue weighted by atomic mass is 32.2. The minimum atomic E-state index is -3.59. The summed E-state index contributed by atoms with van der Waals surface area (Å²) in [7, 11) is -3.59. The molecule has 1 aromatic rings. The van der Waals surface area contributed by atoms with Crippen molar-refractivity contribution in [3.05, 3.63) is 28.8 Å². The zero-order valence-electron chi connectivity index (χ0n) is 16.0. The number of nitrogens with two attached hydrogens (primary N) is 1. The van der Waals surface area contributed by atoms with Crippen LogP contribution >= 0.6 is 0 Å². The average molecular weight is 382 g/mol. The first-order valence-corrected chi connectivity index (χ1v) is 10.8.